The third-order valence-corrected chi connectivity index (χ3v) is 5.20. The molecule has 9 heteroatoms. The lowest BCUT2D eigenvalue weighted by molar-refractivity contribution is 0.597. The molecular formula is C16H15FN4O2S2. The van der Waals surface area contributed by atoms with E-state index in [0.717, 1.165) is 16.1 Å². The molecule has 3 aromatic rings. The van der Waals surface area contributed by atoms with Gasteiger partial charge >= 0.3 is 0 Å². The number of rotatable bonds is 6. The molecule has 0 aliphatic rings. The fourth-order valence-corrected chi connectivity index (χ4v) is 3.54. The van der Waals surface area contributed by atoms with Crippen LogP contribution in [0.1, 0.15) is 16.1 Å². The highest BCUT2D eigenvalue weighted by molar-refractivity contribution is 7.89. The van der Waals surface area contributed by atoms with E-state index in [-0.39, 0.29) is 10.7 Å². The van der Waals surface area contributed by atoms with Crippen molar-refractivity contribution >= 4 is 26.5 Å². The van der Waals surface area contributed by atoms with Crippen LogP contribution in [0, 0.1) is 5.82 Å². The fourth-order valence-electron chi connectivity index (χ4n) is 2.18. The lowest BCUT2D eigenvalue weighted by Crippen LogP contribution is -2.12. The number of hydrogen-bond acceptors (Lipinski definition) is 6. The van der Waals surface area contributed by atoms with Crippen LogP contribution in [-0.4, -0.2) is 18.6 Å². The molecule has 0 saturated heterocycles. The van der Waals surface area contributed by atoms with Gasteiger partial charge in [-0.2, -0.15) is 0 Å². The van der Waals surface area contributed by atoms with Gasteiger partial charge in [-0.05, 0) is 35.4 Å². The summed E-state index contributed by atoms with van der Waals surface area (Å²) in [7, 11) is -3.72. The van der Waals surface area contributed by atoms with Gasteiger partial charge in [0.15, 0.2) is 0 Å². The Balaban J connectivity index is 1.63. The molecule has 6 nitrogen and oxygen atoms in total. The van der Waals surface area contributed by atoms with E-state index in [1.807, 2.05) is 0 Å². The van der Waals surface area contributed by atoms with Gasteiger partial charge in [0.05, 0.1) is 4.90 Å². The van der Waals surface area contributed by atoms with E-state index in [1.165, 1.54) is 35.6 Å². The maximum absolute atomic E-state index is 12.9. The molecule has 0 radical (unpaired) electrons. The average molecular weight is 378 g/mol. The SMILES string of the molecule is NS(=O)(=O)c1cccc(CNc2nnc(Cc3ccc(F)cc3)s2)c1. The molecule has 3 rings (SSSR count). The summed E-state index contributed by atoms with van der Waals surface area (Å²) in [5, 5.41) is 17.8. The standard InChI is InChI=1S/C16H15FN4O2S2/c17-13-6-4-11(5-7-13)9-15-20-21-16(24-15)19-10-12-2-1-3-14(8-12)25(18,22)23/h1-8H,9-10H2,(H,19,21)(H2,18,22,23). The molecule has 0 saturated carbocycles. The Bertz CT molecular complexity index is 972. The number of anilines is 1. The zero-order valence-electron chi connectivity index (χ0n) is 13.0. The Hall–Kier alpha value is -2.36. The first-order chi connectivity index (χ1) is 11.9. The molecule has 0 aliphatic carbocycles. The number of benzene rings is 2. The zero-order chi connectivity index (χ0) is 17.9. The van der Waals surface area contributed by atoms with Crippen molar-refractivity contribution in [2.75, 3.05) is 5.32 Å². The van der Waals surface area contributed by atoms with Gasteiger partial charge in [0, 0.05) is 13.0 Å². The van der Waals surface area contributed by atoms with Gasteiger partial charge < -0.3 is 5.32 Å². The summed E-state index contributed by atoms with van der Waals surface area (Å²) in [6, 6.07) is 12.6. The van der Waals surface area contributed by atoms with Crippen molar-refractivity contribution in [1.29, 1.82) is 0 Å². The normalized spacial score (nSPS) is 11.4. The molecule has 1 aromatic heterocycles. The second-order valence-corrected chi connectivity index (χ2v) is 7.97. The van der Waals surface area contributed by atoms with Crippen LogP contribution >= 0.6 is 11.3 Å². The van der Waals surface area contributed by atoms with Crippen molar-refractivity contribution in [3.63, 3.8) is 0 Å². The van der Waals surface area contributed by atoms with Crippen LogP contribution in [-0.2, 0) is 23.0 Å². The summed E-state index contributed by atoms with van der Waals surface area (Å²) in [6.45, 7) is 0.397. The van der Waals surface area contributed by atoms with E-state index in [9.17, 15) is 12.8 Å². The highest BCUT2D eigenvalue weighted by atomic mass is 32.2. The second kappa shape index (κ2) is 7.26. The highest BCUT2D eigenvalue weighted by Gasteiger charge is 2.09. The van der Waals surface area contributed by atoms with Gasteiger partial charge in [0.1, 0.15) is 10.8 Å². The Kier molecular flexibility index (Phi) is 5.07. The maximum atomic E-state index is 12.9. The number of primary sulfonamides is 1. The minimum absolute atomic E-state index is 0.0704. The smallest absolute Gasteiger partial charge is 0.238 e. The van der Waals surface area contributed by atoms with E-state index in [1.54, 1.807) is 24.3 Å². The summed E-state index contributed by atoms with van der Waals surface area (Å²) >= 11 is 1.39. The van der Waals surface area contributed by atoms with Crippen LogP contribution in [0.15, 0.2) is 53.4 Å². The Morgan fingerprint density at radius 1 is 1.08 bits per heavy atom. The van der Waals surface area contributed by atoms with Crippen molar-refractivity contribution in [3.8, 4) is 0 Å². The maximum Gasteiger partial charge on any atom is 0.238 e. The summed E-state index contributed by atoms with van der Waals surface area (Å²) in [5.41, 5.74) is 1.71. The average Bonchev–Trinajstić information content (AvgIpc) is 3.02. The van der Waals surface area contributed by atoms with E-state index < -0.39 is 10.0 Å². The fraction of sp³-hybridized carbons (Fsp3) is 0.125. The molecule has 0 atom stereocenters. The minimum atomic E-state index is -3.72. The molecule has 2 aromatic carbocycles. The summed E-state index contributed by atoms with van der Waals surface area (Å²) in [4.78, 5) is 0.0704. The number of sulfonamides is 1. The van der Waals surface area contributed by atoms with E-state index in [0.29, 0.717) is 18.1 Å². The third kappa shape index (κ3) is 4.81. The molecule has 0 spiro atoms. The van der Waals surface area contributed by atoms with Gasteiger partial charge in [-0.1, -0.05) is 35.6 Å². The van der Waals surface area contributed by atoms with Crippen molar-refractivity contribution in [2.45, 2.75) is 17.9 Å². The monoisotopic (exact) mass is 378 g/mol. The Morgan fingerprint density at radius 3 is 2.56 bits per heavy atom. The van der Waals surface area contributed by atoms with Crippen molar-refractivity contribution in [2.24, 2.45) is 5.14 Å². The molecule has 0 amide bonds. The van der Waals surface area contributed by atoms with E-state index in [2.05, 4.69) is 15.5 Å². The molecule has 25 heavy (non-hydrogen) atoms. The summed E-state index contributed by atoms with van der Waals surface area (Å²) in [6.07, 6.45) is 0.570. The van der Waals surface area contributed by atoms with Gasteiger partial charge in [-0.15, -0.1) is 10.2 Å². The summed E-state index contributed by atoms with van der Waals surface area (Å²) in [5.74, 6) is -0.273. The van der Waals surface area contributed by atoms with Crippen molar-refractivity contribution in [1.82, 2.24) is 10.2 Å². The quantitative estimate of drug-likeness (QED) is 0.687. The van der Waals surface area contributed by atoms with E-state index >= 15 is 0 Å². The molecule has 0 unspecified atom stereocenters. The first kappa shape index (κ1) is 17.5. The Morgan fingerprint density at radius 2 is 1.84 bits per heavy atom. The molecule has 0 fully saturated rings. The topological polar surface area (TPSA) is 98.0 Å². The molecule has 1 heterocycles. The second-order valence-electron chi connectivity index (χ2n) is 5.35. The van der Waals surface area contributed by atoms with Crippen LogP contribution in [0.2, 0.25) is 0 Å². The van der Waals surface area contributed by atoms with Crippen molar-refractivity contribution < 1.29 is 12.8 Å². The third-order valence-electron chi connectivity index (χ3n) is 3.41. The largest absolute Gasteiger partial charge is 0.356 e. The van der Waals surface area contributed by atoms with Crippen LogP contribution in [0.5, 0.6) is 0 Å². The first-order valence-electron chi connectivity index (χ1n) is 7.32. The molecule has 130 valence electrons. The number of aromatic nitrogens is 2. The number of halogens is 1. The predicted molar refractivity (Wildman–Crippen MR) is 94.3 cm³/mol. The molecular weight excluding hydrogens is 363 g/mol. The number of hydrogen-bond donors (Lipinski definition) is 2. The van der Waals surface area contributed by atoms with Gasteiger partial charge in [-0.3, -0.25) is 0 Å². The van der Waals surface area contributed by atoms with Crippen LogP contribution in [0.25, 0.3) is 0 Å². The lowest BCUT2D eigenvalue weighted by atomic mass is 10.2. The number of nitrogens with two attached hydrogens (primary N) is 1. The zero-order valence-corrected chi connectivity index (χ0v) is 14.6. The predicted octanol–water partition coefficient (Wildman–Crippen LogP) is 2.53. The van der Waals surface area contributed by atoms with Crippen LogP contribution in [0.4, 0.5) is 9.52 Å². The molecule has 0 bridgehead atoms. The number of nitrogens with zero attached hydrogens (tertiary/aromatic N) is 2. The van der Waals surface area contributed by atoms with Gasteiger partial charge in [0.2, 0.25) is 15.2 Å². The first-order valence-corrected chi connectivity index (χ1v) is 9.69. The van der Waals surface area contributed by atoms with Crippen LogP contribution in [0.3, 0.4) is 0 Å². The van der Waals surface area contributed by atoms with Crippen molar-refractivity contribution in [3.05, 3.63) is 70.5 Å². The van der Waals surface area contributed by atoms with Gasteiger partial charge in [0.25, 0.3) is 0 Å². The molecule has 3 N–H and O–H groups in total. The van der Waals surface area contributed by atoms with E-state index in [4.69, 9.17) is 5.14 Å². The summed E-state index contributed by atoms with van der Waals surface area (Å²) < 4.78 is 35.7. The minimum Gasteiger partial charge on any atom is -0.356 e. The van der Waals surface area contributed by atoms with Crippen LogP contribution < -0.4 is 10.5 Å². The lowest BCUT2D eigenvalue weighted by Gasteiger charge is -2.04. The Labute approximate surface area is 148 Å². The number of nitrogens with one attached hydrogen (secondary N) is 1. The van der Waals surface area contributed by atoms with Gasteiger partial charge in [-0.25, -0.2) is 17.9 Å². The highest BCUT2D eigenvalue weighted by Crippen LogP contribution is 2.20. The molecule has 0 aliphatic heterocycles.